The molecule has 57 valence electrons. The first-order valence-electron chi connectivity index (χ1n) is 3.50. The summed E-state index contributed by atoms with van der Waals surface area (Å²) >= 11 is 0. The number of nitrogens with zero attached hydrogens (tertiary/aromatic N) is 1. The first-order chi connectivity index (χ1) is 4.72. The molecular weight excluding hydrogens is 130 g/mol. The zero-order valence-corrected chi connectivity index (χ0v) is 6.33. The van der Waals surface area contributed by atoms with E-state index in [-0.39, 0.29) is 12.2 Å². The second kappa shape index (κ2) is 3.01. The van der Waals surface area contributed by atoms with E-state index in [1.54, 1.807) is 4.90 Å². The van der Waals surface area contributed by atoms with Crippen molar-refractivity contribution in [1.82, 2.24) is 4.90 Å². The van der Waals surface area contributed by atoms with Crippen LogP contribution in [0.3, 0.4) is 0 Å². The Hall–Kier alpha value is -0.570. The molecule has 1 fully saturated rings. The smallest absolute Gasteiger partial charge is 0.312 e. The molecule has 10 heavy (non-hydrogen) atoms. The molecule has 1 aliphatic rings. The van der Waals surface area contributed by atoms with Crippen molar-refractivity contribution >= 4 is 6.41 Å². The lowest BCUT2D eigenvalue weighted by Gasteiger charge is -2.31. The van der Waals surface area contributed by atoms with Crippen molar-refractivity contribution in [3.8, 4) is 0 Å². The standard InChI is InChI=1S/C7H12NO2/c1-6-3-8(5-9)4-7(2)10-6/h6-7H,3-4H2,1-2H3. The number of ether oxygens (including phenoxy) is 1. The summed E-state index contributed by atoms with van der Waals surface area (Å²) in [6.45, 7) is 5.27. The highest BCUT2D eigenvalue weighted by Gasteiger charge is 2.20. The van der Waals surface area contributed by atoms with Gasteiger partial charge in [-0.2, -0.15) is 0 Å². The third kappa shape index (κ3) is 1.70. The predicted molar refractivity (Wildman–Crippen MR) is 37.3 cm³/mol. The van der Waals surface area contributed by atoms with Gasteiger partial charge in [-0.15, -0.1) is 0 Å². The van der Waals surface area contributed by atoms with Gasteiger partial charge in [-0.3, -0.25) is 4.79 Å². The van der Waals surface area contributed by atoms with Gasteiger partial charge in [0, 0.05) is 13.1 Å². The van der Waals surface area contributed by atoms with Gasteiger partial charge < -0.3 is 9.64 Å². The van der Waals surface area contributed by atoms with E-state index < -0.39 is 0 Å². The van der Waals surface area contributed by atoms with Crippen LogP contribution >= 0.6 is 0 Å². The van der Waals surface area contributed by atoms with Gasteiger partial charge in [0.2, 0.25) is 0 Å². The average molecular weight is 142 g/mol. The molecule has 0 aromatic carbocycles. The fourth-order valence-electron chi connectivity index (χ4n) is 1.25. The Labute approximate surface area is 61.0 Å². The molecule has 0 spiro atoms. The largest absolute Gasteiger partial charge is 0.372 e. The molecule has 1 saturated heterocycles. The molecular formula is C7H12NO2. The molecule has 1 aliphatic heterocycles. The zero-order chi connectivity index (χ0) is 7.56. The molecule has 0 bridgehead atoms. The lowest BCUT2D eigenvalue weighted by atomic mass is 10.2. The van der Waals surface area contributed by atoms with Crippen LogP contribution in [0.1, 0.15) is 13.8 Å². The quantitative estimate of drug-likeness (QED) is 0.522. The monoisotopic (exact) mass is 142 g/mol. The second-order valence-corrected chi connectivity index (χ2v) is 2.75. The lowest BCUT2D eigenvalue weighted by molar-refractivity contribution is -0.0484. The third-order valence-corrected chi connectivity index (χ3v) is 1.55. The molecule has 0 aromatic heterocycles. The summed E-state index contributed by atoms with van der Waals surface area (Å²) < 4.78 is 5.40. The van der Waals surface area contributed by atoms with Gasteiger partial charge in [-0.25, -0.2) is 0 Å². The van der Waals surface area contributed by atoms with Gasteiger partial charge in [0.15, 0.2) is 0 Å². The van der Waals surface area contributed by atoms with Crippen LogP contribution in [0.5, 0.6) is 0 Å². The second-order valence-electron chi connectivity index (χ2n) is 2.75. The van der Waals surface area contributed by atoms with Crippen molar-refractivity contribution in [3.05, 3.63) is 0 Å². The molecule has 1 rings (SSSR count). The van der Waals surface area contributed by atoms with Crippen LogP contribution in [0.4, 0.5) is 0 Å². The van der Waals surface area contributed by atoms with Crippen molar-refractivity contribution in [1.29, 1.82) is 0 Å². The maximum absolute atomic E-state index is 10.2. The number of amides is 1. The van der Waals surface area contributed by atoms with Gasteiger partial charge in [-0.05, 0) is 13.8 Å². The maximum atomic E-state index is 10.2. The first-order valence-corrected chi connectivity index (χ1v) is 3.50. The van der Waals surface area contributed by atoms with Gasteiger partial charge >= 0.3 is 6.41 Å². The van der Waals surface area contributed by atoms with E-state index in [2.05, 4.69) is 0 Å². The Balaban J connectivity index is 2.42. The normalized spacial score (nSPS) is 34.0. The molecule has 1 amide bonds. The van der Waals surface area contributed by atoms with Crippen LogP contribution in [0.25, 0.3) is 0 Å². The molecule has 3 heteroatoms. The molecule has 0 aliphatic carbocycles. The highest BCUT2D eigenvalue weighted by molar-refractivity contribution is 5.48. The maximum Gasteiger partial charge on any atom is 0.312 e. The number of hydrogen-bond acceptors (Lipinski definition) is 2. The Morgan fingerprint density at radius 2 is 1.90 bits per heavy atom. The fraction of sp³-hybridized carbons (Fsp3) is 0.857. The first kappa shape index (κ1) is 7.54. The summed E-state index contributed by atoms with van der Waals surface area (Å²) in [5, 5.41) is 0. The van der Waals surface area contributed by atoms with E-state index >= 15 is 0 Å². The van der Waals surface area contributed by atoms with Crippen molar-refractivity contribution in [2.24, 2.45) is 0 Å². The topological polar surface area (TPSA) is 29.5 Å². The Morgan fingerprint density at radius 3 is 2.30 bits per heavy atom. The van der Waals surface area contributed by atoms with E-state index in [1.807, 2.05) is 20.3 Å². The SMILES string of the molecule is CC1CN([C]=O)CC(C)O1. The van der Waals surface area contributed by atoms with E-state index in [0.717, 1.165) is 0 Å². The minimum atomic E-state index is 0.158. The zero-order valence-electron chi connectivity index (χ0n) is 6.33. The van der Waals surface area contributed by atoms with E-state index in [4.69, 9.17) is 4.74 Å². The number of rotatable bonds is 1. The molecule has 0 aromatic rings. The molecule has 3 nitrogen and oxygen atoms in total. The van der Waals surface area contributed by atoms with Gasteiger partial charge in [0.05, 0.1) is 12.2 Å². The van der Waals surface area contributed by atoms with E-state index in [9.17, 15) is 4.79 Å². The average Bonchev–Trinajstić information content (AvgIpc) is 1.85. The predicted octanol–water partition coefficient (Wildman–Crippen LogP) is 0.163. The van der Waals surface area contributed by atoms with E-state index in [0.29, 0.717) is 13.1 Å². The minimum Gasteiger partial charge on any atom is -0.372 e. The van der Waals surface area contributed by atoms with Crippen LogP contribution in [0.15, 0.2) is 0 Å². The fourth-order valence-corrected chi connectivity index (χ4v) is 1.25. The van der Waals surface area contributed by atoms with Crippen LogP contribution in [0, 0.1) is 0 Å². The number of carbonyl (C=O) groups excluding carboxylic acids is 1. The van der Waals surface area contributed by atoms with Gasteiger partial charge in [-0.1, -0.05) is 0 Å². The Kier molecular flexibility index (Phi) is 2.27. The lowest BCUT2D eigenvalue weighted by Crippen LogP contribution is -2.44. The molecule has 1 radical (unpaired) electrons. The van der Waals surface area contributed by atoms with Crippen LogP contribution in [-0.4, -0.2) is 36.6 Å². The summed E-state index contributed by atoms with van der Waals surface area (Å²) in [6, 6.07) is 0. The van der Waals surface area contributed by atoms with Crippen LogP contribution < -0.4 is 0 Å². The Morgan fingerprint density at radius 1 is 1.40 bits per heavy atom. The summed E-state index contributed by atoms with van der Waals surface area (Å²) in [5.74, 6) is 0. The summed E-state index contributed by atoms with van der Waals surface area (Å²) in [7, 11) is 0. The van der Waals surface area contributed by atoms with Crippen molar-refractivity contribution in [2.45, 2.75) is 26.1 Å². The van der Waals surface area contributed by atoms with Crippen LogP contribution in [0.2, 0.25) is 0 Å². The van der Waals surface area contributed by atoms with Crippen molar-refractivity contribution in [2.75, 3.05) is 13.1 Å². The van der Waals surface area contributed by atoms with Crippen molar-refractivity contribution in [3.63, 3.8) is 0 Å². The van der Waals surface area contributed by atoms with Gasteiger partial charge in [0.1, 0.15) is 0 Å². The number of morpholine rings is 1. The van der Waals surface area contributed by atoms with Crippen LogP contribution in [-0.2, 0) is 9.53 Å². The number of hydrogen-bond donors (Lipinski definition) is 0. The van der Waals surface area contributed by atoms with E-state index in [1.165, 1.54) is 0 Å². The van der Waals surface area contributed by atoms with Gasteiger partial charge in [0.25, 0.3) is 0 Å². The highest BCUT2D eigenvalue weighted by atomic mass is 16.5. The highest BCUT2D eigenvalue weighted by Crippen LogP contribution is 2.07. The summed E-state index contributed by atoms with van der Waals surface area (Å²) in [4.78, 5) is 11.8. The molecule has 1 heterocycles. The molecule has 2 unspecified atom stereocenters. The molecule has 0 N–H and O–H groups in total. The third-order valence-electron chi connectivity index (χ3n) is 1.55. The summed E-state index contributed by atoms with van der Waals surface area (Å²) in [6.07, 6.45) is 2.18. The summed E-state index contributed by atoms with van der Waals surface area (Å²) in [5.41, 5.74) is 0. The molecule has 0 saturated carbocycles. The van der Waals surface area contributed by atoms with Crippen molar-refractivity contribution < 1.29 is 9.53 Å². The molecule has 2 atom stereocenters. The Bertz CT molecular complexity index is 117. The minimum absolute atomic E-state index is 0.158.